The quantitative estimate of drug-likeness (QED) is 0.874. The highest BCUT2D eigenvalue weighted by molar-refractivity contribution is 5.92. The van der Waals surface area contributed by atoms with Crippen LogP contribution < -0.4 is 11.1 Å². The zero-order valence-electron chi connectivity index (χ0n) is 11.7. The number of nitrogens with one attached hydrogen (secondary N) is 1. The van der Waals surface area contributed by atoms with Gasteiger partial charge in [0, 0.05) is 18.2 Å². The van der Waals surface area contributed by atoms with E-state index < -0.39 is 0 Å². The molecule has 1 amide bonds. The van der Waals surface area contributed by atoms with E-state index in [0.717, 1.165) is 12.0 Å². The summed E-state index contributed by atoms with van der Waals surface area (Å²) in [5.74, 6) is 0.465. The summed E-state index contributed by atoms with van der Waals surface area (Å²) in [6, 6.07) is 9.56. The third kappa shape index (κ3) is 3.45. The van der Waals surface area contributed by atoms with Crippen LogP contribution in [0.1, 0.15) is 29.6 Å². The zero-order chi connectivity index (χ0) is 14.5. The summed E-state index contributed by atoms with van der Waals surface area (Å²) in [7, 11) is 0. The lowest BCUT2D eigenvalue weighted by Crippen LogP contribution is -2.29. The molecule has 1 aromatic carbocycles. The number of carbonyl (C=O) groups excluding carboxylic acids is 1. The second-order valence-corrected chi connectivity index (χ2v) is 4.82. The van der Waals surface area contributed by atoms with Crippen molar-refractivity contribution in [3.63, 3.8) is 0 Å². The summed E-state index contributed by atoms with van der Waals surface area (Å²) in [5.41, 5.74) is 7.08. The van der Waals surface area contributed by atoms with Gasteiger partial charge >= 0.3 is 0 Å². The molecule has 0 aliphatic heterocycles. The van der Waals surface area contributed by atoms with Gasteiger partial charge < -0.3 is 15.5 Å². The van der Waals surface area contributed by atoms with Crippen LogP contribution in [-0.2, 0) is 0 Å². The van der Waals surface area contributed by atoms with Gasteiger partial charge in [-0.05, 0) is 32.4 Å². The van der Waals surface area contributed by atoms with Crippen molar-refractivity contribution >= 4 is 5.91 Å². The first kappa shape index (κ1) is 14.3. The second kappa shape index (κ2) is 6.34. The number of aromatic nitrogens is 1. The molecular formula is C15H19N3O2. The maximum atomic E-state index is 12.0. The molecule has 0 saturated heterocycles. The Morgan fingerprint density at radius 2 is 2.10 bits per heavy atom. The summed E-state index contributed by atoms with van der Waals surface area (Å²) < 4.78 is 5.57. The minimum atomic E-state index is -0.252. The molecule has 0 spiro atoms. The van der Waals surface area contributed by atoms with E-state index in [2.05, 4.69) is 10.3 Å². The van der Waals surface area contributed by atoms with Crippen molar-refractivity contribution in [1.82, 2.24) is 10.3 Å². The monoisotopic (exact) mass is 273 g/mol. The van der Waals surface area contributed by atoms with Crippen molar-refractivity contribution in [1.29, 1.82) is 0 Å². The Morgan fingerprint density at radius 3 is 2.75 bits per heavy atom. The lowest BCUT2D eigenvalue weighted by molar-refractivity contribution is 0.0925. The largest absolute Gasteiger partial charge is 0.431 e. The van der Waals surface area contributed by atoms with Crippen molar-refractivity contribution in [3.05, 3.63) is 41.8 Å². The van der Waals surface area contributed by atoms with E-state index in [4.69, 9.17) is 10.2 Å². The van der Waals surface area contributed by atoms with Gasteiger partial charge in [0.15, 0.2) is 0 Å². The molecule has 1 heterocycles. The number of nitrogens with zero attached hydrogens (tertiary/aromatic N) is 1. The molecule has 0 radical (unpaired) electrons. The van der Waals surface area contributed by atoms with E-state index in [1.54, 1.807) is 6.92 Å². The Hall–Kier alpha value is -2.14. The van der Waals surface area contributed by atoms with Gasteiger partial charge in [0.05, 0.1) is 5.69 Å². The highest BCUT2D eigenvalue weighted by atomic mass is 16.4. The van der Waals surface area contributed by atoms with Crippen LogP contribution in [0.15, 0.2) is 34.7 Å². The van der Waals surface area contributed by atoms with Gasteiger partial charge in [0.1, 0.15) is 0 Å². The number of hydrogen-bond acceptors (Lipinski definition) is 4. The number of carbonyl (C=O) groups is 1. The van der Waals surface area contributed by atoms with Gasteiger partial charge in [-0.3, -0.25) is 4.79 Å². The first-order chi connectivity index (χ1) is 9.58. The van der Waals surface area contributed by atoms with Crippen LogP contribution in [-0.4, -0.2) is 23.5 Å². The van der Waals surface area contributed by atoms with Crippen LogP contribution >= 0.6 is 0 Å². The fraction of sp³-hybridized carbons (Fsp3) is 0.333. The van der Waals surface area contributed by atoms with Crippen LogP contribution in [0.4, 0.5) is 0 Å². The molecule has 0 bridgehead atoms. The topological polar surface area (TPSA) is 81.2 Å². The number of nitrogens with two attached hydrogens (primary N) is 1. The molecule has 2 rings (SSSR count). The molecule has 1 aromatic heterocycles. The smallest absolute Gasteiger partial charge is 0.289 e. The Labute approximate surface area is 118 Å². The molecule has 0 saturated carbocycles. The third-order valence-electron chi connectivity index (χ3n) is 2.91. The van der Waals surface area contributed by atoms with Crippen molar-refractivity contribution in [2.45, 2.75) is 26.3 Å². The Kier molecular flexibility index (Phi) is 4.53. The van der Waals surface area contributed by atoms with Crippen LogP contribution in [0.25, 0.3) is 11.5 Å². The minimum absolute atomic E-state index is 0.0611. The fourth-order valence-corrected chi connectivity index (χ4v) is 1.80. The van der Waals surface area contributed by atoms with E-state index in [1.165, 1.54) is 0 Å². The normalized spacial score (nSPS) is 12.2. The standard InChI is InChI=1S/C15H19N3O2/c1-10(16)8-9-17-14(19)13-11(2)18-15(20-13)12-6-4-3-5-7-12/h3-7,10H,8-9,16H2,1-2H3,(H,17,19). The molecule has 3 N–H and O–H groups in total. The Balaban J connectivity index is 2.10. The summed E-state index contributed by atoms with van der Waals surface area (Å²) in [6.45, 7) is 4.19. The molecule has 0 aliphatic rings. The molecule has 0 aliphatic carbocycles. The molecular weight excluding hydrogens is 254 g/mol. The maximum absolute atomic E-state index is 12.0. The molecule has 1 atom stereocenters. The number of rotatable bonds is 5. The second-order valence-electron chi connectivity index (χ2n) is 4.82. The van der Waals surface area contributed by atoms with Gasteiger partial charge in [-0.15, -0.1) is 0 Å². The molecule has 0 fully saturated rings. The van der Waals surface area contributed by atoms with Crippen molar-refractivity contribution in [3.8, 4) is 11.5 Å². The Morgan fingerprint density at radius 1 is 1.40 bits per heavy atom. The van der Waals surface area contributed by atoms with Crippen LogP contribution in [0.2, 0.25) is 0 Å². The number of amides is 1. The molecule has 5 nitrogen and oxygen atoms in total. The highest BCUT2D eigenvalue weighted by Gasteiger charge is 2.17. The summed E-state index contributed by atoms with van der Waals surface area (Å²) in [4.78, 5) is 16.3. The van der Waals surface area contributed by atoms with Gasteiger partial charge in [-0.2, -0.15) is 0 Å². The zero-order valence-corrected chi connectivity index (χ0v) is 11.7. The summed E-state index contributed by atoms with van der Waals surface area (Å²) in [5, 5.41) is 2.78. The van der Waals surface area contributed by atoms with E-state index in [-0.39, 0.29) is 17.7 Å². The predicted molar refractivity (Wildman–Crippen MR) is 77.3 cm³/mol. The van der Waals surface area contributed by atoms with E-state index >= 15 is 0 Å². The van der Waals surface area contributed by atoms with Crippen LogP contribution in [0.5, 0.6) is 0 Å². The maximum Gasteiger partial charge on any atom is 0.289 e. The predicted octanol–water partition coefficient (Wildman–Crippen LogP) is 2.12. The first-order valence-electron chi connectivity index (χ1n) is 6.64. The van der Waals surface area contributed by atoms with E-state index in [0.29, 0.717) is 18.1 Å². The fourth-order valence-electron chi connectivity index (χ4n) is 1.80. The lowest BCUT2D eigenvalue weighted by atomic mass is 10.2. The number of hydrogen-bond donors (Lipinski definition) is 2. The van der Waals surface area contributed by atoms with Crippen molar-refractivity contribution < 1.29 is 9.21 Å². The molecule has 1 unspecified atom stereocenters. The third-order valence-corrected chi connectivity index (χ3v) is 2.91. The number of benzene rings is 1. The average molecular weight is 273 g/mol. The highest BCUT2D eigenvalue weighted by Crippen LogP contribution is 2.21. The molecule has 20 heavy (non-hydrogen) atoms. The van der Waals surface area contributed by atoms with Gasteiger partial charge in [-0.25, -0.2) is 4.98 Å². The Bertz CT molecular complexity index is 576. The minimum Gasteiger partial charge on any atom is -0.431 e. The van der Waals surface area contributed by atoms with Gasteiger partial charge in [0.25, 0.3) is 5.91 Å². The summed E-state index contributed by atoms with van der Waals surface area (Å²) >= 11 is 0. The molecule has 5 heteroatoms. The molecule has 2 aromatic rings. The van der Waals surface area contributed by atoms with E-state index in [1.807, 2.05) is 37.3 Å². The molecule has 106 valence electrons. The number of oxazole rings is 1. The van der Waals surface area contributed by atoms with E-state index in [9.17, 15) is 4.79 Å². The first-order valence-corrected chi connectivity index (χ1v) is 6.64. The lowest BCUT2D eigenvalue weighted by Gasteiger charge is -2.05. The van der Waals surface area contributed by atoms with Crippen LogP contribution in [0.3, 0.4) is 0 Å². The van der Waals surface area contributed by atoms with Gasteiger partial charge in [0.2, 0.25) is 11.7 Å². The SMILES string of the molecule is Cc1nc(-c2ccccc2)oc1C(=O)NCCC(C)N. The van der Waals surface area contributed by atoms with Crippen molar-refractivity contribution in [2.75, 3.05) is 6.54 Å². The van der Waals surface area contributed by atoms with Crippen LogP contribution in [0, 0.1) is 6.92 Å². The summed E-state index contributed by atoms with van der Waals surface area (Å²) in [6.07, 6.45) is 0.727. The average Bonchev–Trinajstić information content (AvgIpc) is 2.81. The van der Waals surface area contributed by atoms with Crippen molar-refractivity contribution in [2.24, 2.45) is 5.73 Å². The number of aryl methyl sites for hydroxylation is 1. The van der Waals surface area contributed by atoms with Gasteiger partial charge in [-0.1, -0.05) is 18.2 Å².